The number of aryl methyl sites for hydroxylation is 3. The molecule has 6 aromatic carbocycles. The summed E-state index contributed by atoms with van der Waals surface area (Å²) in [5, 5.41) is 47.6. The van der Waals surface area contributed by atoms with E-state index in [2.05, 4.69) is 82.1 Å². The Hall–Kier alpha value is -15.5. The number of hydrogen-bond donors (Lipinski definition) is 9. The van der Waals surface area contributed by atoms with Crippen LogP contribution in [0.2, 0.25) is 5.02 Å². The third kappa shape index (κ3) is 23.9. The standard InChI is InChI=1S/C39H43ClN6O6.C17H18N2O5.C17H16N2O5.C17H14N2O5.C13H9BrN2O4.C4H6O/c1-23-21-30(47)34-32(23)35(42-22-41-34)44-17-19-45(20-18-44)37(50)27(24-11-13-26(40)14-12-24)9-5-3-2-4-7-25-8-6-10-28-33(25)39(52)46(38(28)51)29-15-16-31(48)43-36(29)49;3*20-9-2-1-4-10-5-3-6-11-14(10)17(24)19(16(11)23)12-7-8-13(21)18-15(12)22;14-7-3-1-2-6-10(7)13(20)16(12(6)19)8-4-5-9(17)15-11(8)18;1-2-3-4-5/h6,8,10-14,22-23,27,29-30,47H,2-5,7,9,15-21H2,1H3,(H,43,48,49);3,5-6,12,20H,1-2,4,7-9H2,(H,18,21,22);3,5-6,9,12H,1-2,4,7-8H2,(H,18,21,22);3,5-6,12,20H,2,7-9H2,(H,18,21,22);1-3,8H,4-5H2,(H,15,17,18);1,5H,3-4H2/t23-,27-,29?,30-;;;;;/m1...../s1. The predicted molar refractivity (Wildman–Crippen MR) is 531 cm³/mol. The molecule has 0 bridgehead atoms. The number of carbonyl (C=O) groups is 22. The summed E-state index contributed by atoms with van der Waals surface area (Å²) in [7, 11) is 0. The van der Waals surface area contributed by atoms with Crippen molar-refractivity contribution < 1.29 is 126 Å². The molecule has 0 radical (unpaired) electrons. The van der Waals surface area contributed by atoms with E-state index in [0.717, 1.165) is 84.5 Å². The van der Waals surface area contributed by atoms with E-state index >= 15 is 0 Å². The molecule has 8 atom stereocenters. The minimum Gasteiger partial charge on any atom is -0.396 e. The van der Waals surface area contributed by atoms with Gasteiger partial charge in [0.1, 0.15) is 48.6 Å². The van der Waals surface area contributed by atoms with Crippen LogP contribution in [0.25, 0.3) is 0 Å². The van der Waals surface area contributed by atoms with Gasteiger partial charge in [-0.1, -0.05) is 110 Å². The fourth-order valence-corrected chi connectivity index (χ4v) is 20.7. The fourth-order valence-electron chi connectivity index (χ4n) is 20.0. The summed E-state index contributed by atoms with van der Waals surface area (Å²) >= 11 is 9.44. The molecule has 9 N–H and O–H groups in total. The van der Waals surface area contributed by atoms with Gasteiger partial charge in [0, 0.05) is 105 Å². The van der Waals surface area contributed by atoms with Crippen molar-refractivity contribution in [3.8, 4) is 24.2 Å². The smallest absolute Gasteiger partial charge is 0.263 e. The zero-order valence-electron chi connectivity index (χ0n) is 81.0. The molecule has 21 amide bonds. The van der Waals surface area contributed by atoms with Crippen LogP contribution in [0.3, 0.4) is 0 Å². The third-order valence-corrected chi connectivity index (χ3v) is 28.2. The second-order valence-electron chi connectivity index (χ2n) is 36.9. The molecule has 42 heteroatoms. The van der Waals surface area contributed by atoms with E-state index in [4.69, 9.17) is 33.3 Å². The molecule has 40 nitrogen and oxygen atoms in total. The first-order chi connectivity index (χ1) is 71.7. The molecule has 1 aromatic heterocycles. The summed E-state index contributed by atoms with van der Waals surface area (Å²) in [6, 6.07) is 27.6. The van der Waals surface area contributed by atoms with E-state index in [0.29, 0.717) is 145 Å². The number of terminal acetylenes is 1. The normalized spacial score (nSPS) is 20.6. The number of hydrogen-bond acceptors (Lipinski definition) is 29. The van der Waals surface area contributed by atoms with Crippen LogP contribution in [0.1, 0.15) is 309 Å². The van der Waals surface area contributed by atoms with Crippen molar-refractivity contribution in [2.24, 2.45) is 0 Å². The minimum absolute atomic E-state index is 0.0737. The summed E-state index contributed by atoms with van der Waals surface area (Å²) in [5.41, 5.74) is 8.02. The lowest BCUT2D eigenvalue weighted by Crippen LogP contribution is -2.54. The summed E-state index contributed by atoms with van der Waals surface area (Å²) in [6.45, 7) is 4.61. The van der Waals surface area contributed by atoms with E-state index in [1.807, 2.05) is 35.2 Å². The number of halogens is 2. The Morgan fingerprint density at radius 1 is 0.450 bits per heavy atom. The largest absolute Gasteiger partial charge is 0.396 e. The average molecular weight is 2120 g/mol. The van der Waals surface area contributed by atoms with Gasteiger partial charge in [0.25, 0.3) is 59.1 Å². The number of anilines is 1. The van der Waals surface area contributed by atoms with Crippen molar-refractivity contribution in [2.75, 3.05) is 50.9 Å². The molecule has 12 aliphatic rings. The van der Waals surface area contributed by atoms with Crippen LogP contribution in [0.15, 0.2) is 126 Å². The summed E-state index contributed by atoms with van der Waals surface area (Å²) in [5.74, 6) is -1.63. The summed E-state index contributed by atoms with van der Waals surface area (Å²) < 4.78 is 0.517. The highest BCUT2D eigenvalue weighted by Gasteiger charge is 2.52. The number of aliphatic hydroxyl groups is 4. The molecule has 0 saturated carbocycles. The van der Waals surface area contributed by atoms with Crippen LogP contribution in [0.5, 0.6) is 0 Å². The van der Waals surface area contributed by atoms with E-state index < -0.39 is 149 Å². The molecule has 149 heavy (non-hydrogen) atoms. The van der Waals surface area contributed by atoms with Gasteiger partial charge >= 0.3 is 0 Å². The zero-order valence-corrected chi connectivity index (χ0v) is 83.3. The molecule has 6 fully saturated rings. The number of nitrogens with zero attached hydrogens (tertiary/aromatic N) is 9. The number of piperidine rings is 5. The second-order valence-corrected chi connectivity index (χ2v) is 38.1. The van der Waals surface area contributed by atoms with Gasteiger partial charge in [0.15, 0.2) is 0 Å². The number of nitrogens with one attached hydrogen (secondary N) is 5. The molecule has 19 rings (SSSR count). The van der Waals surface area contributed by atoms with Crippen molar-refractivity contribution in [1.29, 1.82) is 0 Å². The van der Waals surface area contributed by atoms with Crippen LogP contribution in [-0.2, 0) is 76.8 Å². The van der Waals surface area contributed by atoms with Gasteiger partial charge < -0.3 is 35.0 Å². The van der Waals surface area contributed by atoms with Crippen LogP contribution in [-0.4, -0.2) is 266 Å². The number of fused-ring (bicyclic) bond motifs is 6. The Morgan fingerprint density at radius 3 is 1.21 bits per heavy atom. The average Bonchev–Trinajstić information content (AvgIpc) is 1.61. The lowest BCUT2D eigenvalue weighted by molar-refractivity contribution is -0.137. The number of unbranched alkanes of at least 4 members (excludes halogenated alkanes) is 5. The number of imide groups is 10. The highest BCUT2D eigenvalue weighted by Crippen LogP contribution is 2.44. The highest BCUT2D eigenvalue weighted by atomic mass is 79.9. The van der Waals surface area contributed by atoms with Gasteiger partial charge in [0.2, 0.25) is 65.0 Å². The zero-order chi connectivity index (χ0) is 107. The molecule has 11 aliphatic heterocycles. The van der Waals surface area contributed by atoms with Gasteiger partial charge in [0.05, 0.1) is 86.6 Å². The van der Waals surface area contributed by atoms with Gasteiger partial charge in [-0.2, -0.15) is 0 Å². The Bertz CT molecular complexity index is 6760. The number of piperazine rings is 1. The fraction of sp³-hybridized carbons (Fsp3) is 0.383. The van der Waals surface area contributed by atoms with Gasteiger partial charge in [-0.25, -0.2) is 9.97 Å². The van der Waals surface area contributed by atoms with E-state index in [1.165, 1.54) is 12.4 Å². The van der Waals surface area contributed by atoms with Crippen LogP contribution >= 0.6 is 27.5 Å². The van der Waals surface area contributed by atoms with E-state index in [9.17, 15) is 111 Å². The van der Waals surface area contributed by atoms with Gasteiger partial charge in [-0.3, -0.25) is 152 Å². The number of aliphatic hydroxyl groups excluding tert-OH is 4. The van der Waals surface area contributed by atoms with E-state index in [-0.39, 0.29) is 142 Å². The van der Waals surface area contributed by atoms with Crippen molar-refractivity contribution in [3.05, 3.63) is 226 Å². The maximum atomic E-state index is 14.1. The molecular formula is C107H106BrClN14O26. The van der Waals surface area contributed by atoms with Crippen LogP contribution in [0.4, 0.5) is 5.82 Å². The predicted octanol–water partition coefficient (Wildman–Crippen LogP) is 6.38. The second kappa shape index (κ2) is 49.3. The Kier molecular flexibility index (Phi) is 36.1. The summed E-state index contributed by atoms with van der Waals surface area (Å²) in [6.07, 6.45) is 17.0. The van der Waals surface area contributed by atoms with Crippen molar-refractivity contribution in [2.45, 2.75) is 216 Å². The number of amides is 21. The van der Waals surface area contributed by atoms with Crippen molar-refractivity contribution in [1.82, 2.24) is 66.0 Å². The number of aldehydes is 1. The highest BCUT2D eigenvalue weighted by molar-refractivity contribution is 9.10. The van der Waals surface area contributed by atoms with Crippen molar-refractivity contribution >= 4 is 164 Å². The number of benzene rings is 6. The Morgan fingerprint density at radius 2 is 0.826 bits per heavy atom. The SMILES string of the molecule is C#CCCO.C[C@@H]1C[C@@H](O)c2ncnc(N3CCN(C(=O)[C@H](CCCCCCc4cccc5c4C(=O)N(C4CCC(=O)NC4=O)C5=O)c4ccc(Cl)cc4)CC3)c21.O=C1CCC(N2C(=O)c3cccc(Br)c3C2=O)C(=O)N1.O=C1CCC(N2C(=O)c3cccc(C#CCCO)c3C2=O)C(=O)N1.O=C1CCC(N2C(=O)c3cccc(CCCCO)c3C2=O)C(=O)N1.O=CCCCc1cccc2c1C(=O)N(C1CCC(=O)NC1=O)C2=O. The molecule has 7 aromatic rings. The maximum absolute atomic E-state index is 14.1. The van der Waals surface area contributed by atoms with Gasteiger partial charge in [-0.05, 0) is 189 Å². The molecule has 774 valence electrons. The molecule has 6 saturated heterocycles. The molecule has 0 spiro atoms. The monoisotopic (exact) mass is 2120 g/mol. The molecule has 12 heterocycles. The summed E-state index contributed by atoms with van der Waals surface area (Å²) in [4.78, 5) is 287. The number of carbonyl (C=O) groups excluding carboxylic acids is 22. The molecule has 5 unspecified atom stereocenters. The topological polar surface area (TPSA) is 565 Å². The Balaban J connectivity index is 0.000000153. The van der Waals surface area contributed by atoms with Crippen LogP contribution in [0, 0.1) is 24.2 Å². The molecule has 1 aliphatic carbocycles. The third-order valence-electron chi connectivity index (χ3n) is 27.3. The first-order valence-electron chi connectivity index (χ1n) is 49.0. The van der Waals surface area contributed by atoms with Crippen LogP contribution < -0.4 is 31.5 Å². The first-order valence-corrected chi connectivity index (χ1v) is 50.2. The van der Waals surface area contributed by atoms with E-state index in [1.54, 1.807) is 78.9 Å². The minimum atomic E-state index is -0.992. The van der Waals surface area contributed by atoms with Gasteiger partial charge in [-0.15, -0.1) is 12.3 Å². The quantitative estimate of drug-likeness (QED) is 0.0130. The van der Waals surface area contributed by atoms with Crippen molar-refractivity contribution in [3.63, 3.8) is 0 Å². The number of rotatable bonds is 25. The number of aromatic nitrogens is 2. The Labute approximate surface area is 867 Å². The lowest BCUT2D eigenvalue weighted by Gasteiger charge is -2.38. The first kappa shape index (κ1) is 109. The lowest BCUT2D eigenvalue weighted by atomic mass is 9.91. The molecular weight excluding hydrogens is 2010 g/mol. The maximum Gasteiger partial charge on any atom is 0.263 e.